The second kappa shape index (κ2) is 8.03. The first-order chi connectivity index (χ1) is 11.0. The molecule has 0 fully saturated rings. The fourth-order valence-electron chi connectivity index (χ4n) is 2.35. The van der Waals surface area contributed by atoms with Gasteiger partial charge in [0.15, 0.2) is 11.5 Å². The van der Waals surface area contributed by atoms with Crippen molar-refractivity contribution in [1.29, 1.82) is 0 Å². The molecular weight excluding hydrogens is 300 g/mol. The summed E-state index contributed by atoms with van der Waals surface area (Å²) in [5.74, 6) is 1.41. The Hall–Kier alpha value is -1.99. The van der Waals surface area contributed by atoms with E-state index in [1.165, 1.54) is 12.0 Å². The zero-order chi connectivity index (χ0) is 16.8. The molecule has 2 amide bonds. The lowest BCUT2D eigenvalue weighted by Gasteiger charge is -2.24. The molecule has 1 aromatic carbocycles. The number of carbonyl (C=O) groups excluding carboxylic acids is 1. The van der Waals surface area contributed by atoms with Crippen LogP contribution in [-0.4, -0.2) is 62.7 Å². The second-order valence-electron chi connectivity index (χ2n) is 5.56. The molecule has 7 heteroatoms. The Morgan fingerprint density at radius 2 is 2.09 bits per heavy atom. The number of aliphatic hydroxyl groups is 1. The minimum atomic E-state index is -0.708. The molecule has 7 nitrogen and oxygen atoms in total. The van der Waals surface area contributed by atoms with Crippen molar-refractivity contribution >= 4 is 6.03 Å². The van der Waals surface area contributed by atoms with Gasteiger partial charge in [0.25, 0.3) is 0 Å². The molecule has 128 valence electrons. The smallest absolute Gasteiger partial charge is 0.317 e. The topological polar surface area (TPSA) is 80.3 Å². The lowest BCUT2D eigenvalue weighted by Crippen LogP contribution is -2.43. The summed E-state index contributed by atoms with van der Waals surface area (Å²) in [6, 6.07) is 5.17. The molecule has 1 heterocycles. The van der Waals surface area contributed by atoms with Crippen molar-refractivity contribution in [3.05, 3.63) is 23.8 Å². The third-order valence-corrected chi connectivity index (χ3v) is 3.60. The highest BCUT2D eigenvalue weighted by Gasteiger charge is 2.18. The predicted molar refractivity (Wildman–Crippen MR) is 84.9 cm³/mol. The predicted octanol–water partition coefficient (Wildman–Crippen LogP) is 1.17. The van der Waals surface area contributed by atoms with E-state index >= 15 is 0 Å². The number of carbonyl (C=O) groups is 1. The quantitative estimate of drug-likeness (QED) is 0.821. The SMILES string of the molecule is COC[C@@H](O)CN(C)C(=O)N[C@H](C)c1ccc2c(c1)OCCO2. The maximum absolute atomic E-state index is 12.2. The lowest BCUT2D eigenvalue weighted by molar-refractivity contribution is 0.0488. The Morgan fingerprint density at radius 3 is 2.78 bits per heavy atom. The van der Waals surface area contributed by atoms with Crippen molar-refractivity contribution in [2.75, 3.05) is 40.5 Å². The maximum atomic E-state index is 12.2. The number of rotatable bonds is 6. The van der Waals surface area contributed by atoms with E-state index < -0.39 is 6.10 Å². The number of fused-ring (bicyclic) bond motifs is 1. The summed E-state index contributed by atoms with van der Waals surface area (Å²) in [6.07, 6.45) is -0.708. The number of nitrogens with zero attached hydrogens (tertiary/aromatic N) is 1. The van der Waals surface area contributed by atoms with Crippen molar-refractivity contribution in [1.82, 2.24) is 10.2 Å². The Labute approximate surface area is 136 Å². The summed E-state index contributed by atoms with van der Waals surface area (Å²) in [6.45, 7) is 3.36. The van der Waals surface area contributed by atoms with Gasteiger partial charge in [0.1, 0.15) is 13.2 Å². The molecule has 1 aliphatic heterocycles. The summed E-state index contributed by atoms with van der Waals surface area (Å²) in [7, 11) is 3.14. The van der Waals surface area contributed by atoms with Gasteiger partial charge in [0.2, 0.25) is 0 Å². The van der Waals surface area contributed by atoms with E-state index in [0.717, 1.165) is 11.3 Å². The first kappa shape index (κ1) is 17.4. The minimum absolute atomic E-state index is 0.190. The van der Waals surface area contributed by atoms with E-state index in [0.29, 0.717) is 19.0 Å². The van der Waals surface area contributed by atoms with Crippen LogP contribution in [0.15, 0.2) is 18.2 Å². The van der Waals surface area contributed by atoms with Gasteiger partial charge >= 0.3 is 6.03 Å². The van der Waals surface area contributed by atoms with Crippen molar-refractivity contribution in [2.45, 2.75) is 19.1 Å². The summed E-state index contributed by atoms with van der Waals surface area (Å²) in [5, 5.41) is 12.6. The van der Waals surface area contributed by atoms with Crippen LogP contribution in [0.25, 0.3) is 0 Å². The number of ether oxygens (including phenoxy) is 3. The van der Waals surface area contributed by atoms with Crippen LogP contribution in [-0.2, 0) is 4.74 Å². The fraction of sp³-hybridized carbons (Fsp3) is 0.562. The second-order valence-corrected chi connectivity index (χ2v) is 5.56. The molecule has 1 aromatic rings. The van der Waals surface area contributed by atoms with Gasteiger partial charge in [0.05, 0.1) is 25.3 Å². The summed E-state index contributed by atoms with van der Waals surface area (Å²) in [5.41, 5.74) is 0.924. The molecule has 0 bridgehead atoms. The molecule has 23 heavy (non-hydrogen) atoms. The van der Waals surface area contributed by atoms with Gasteiger partial charge in [-0.05, 0) is 24.6 Å². The molecule has 0 saturated heterocycles. The average Bonchev–Trinajstić information content (AvgIpc) is 2.54. The van der Waals surface area contributed by atoms with Gasteiger partial charge < -0.3 is 29.5 Å². The molecule has 2 atom stereocenters. The highest BCUT2D eigenvalue weighted by molar-refractivity contribution is 5.74. The van der Waals surface area contributed by atoms with Crippen LogP contribution in [0, 0.1) is 0 Å². The van der Waals surface area contributed by atoms with Gasteiger partial charge in [-0.3, -0.25) is 0 Å². The molecule has 0 aromatic heterocycles. The van der Waals surface area contributed by atoms with Crippen LogP contribution in [0.2, 0.25) is 0 Å². The van der Waals surface area contributed by atoms with Gasteiger partial charge in [-0.15, -0.1) is 0 Å². The van der Waals surface area contributed by atoms with E-state index in [2.05, 4.69) is 5.32 Å². The Balaban J connectivity index is 1.93. The Kier molecular flexibility index (Phi) is 6.06. The minimum Gasteiger partial charge on any atom is -0.486 e. The average molecular weight is 324 g/mol. The van der Waals surface area contributed by atoms with E-state index in [1.807, 2.05) is 25.1 Å². The molecule has 2 rings (SSSR count). The zero-order valence-corrected chi connectivity index (χ0v) is 13.7. The Morgan fingerprint density at radius 1 is 1.39 bits per heavy atom. The number of benzene rings is 1. The van der Waals surface area contributed by atoms with Crippen LogP contribution in [0.5, 0.6) is 11.5 Å². The van der Waals surface area contributed by atoms with Crippen LogP contribution >= 0.6 is 0 Å². The maximum Gasteiger partial charge on any atom is 0.317 e. The van der Waals surface area contributed by atoms with Gasteiger partial charge in [-0.1, -0.05) is 6.07 Å². The van der Waals surface area contributed by atoms with E-state index in [-0.39, 0.29) is 25.2 Å². The standard InChI is InChI=1S/C16H24N2O5/c1-11(17-16(20)18(2)9-13(19)10-21-3)12-4-5-14-15(8-12)23-7-6-22-14/h4-5,8,11,13,19H,6-7,9-10H2,1-3H3,(H,17,20)/t11-,13+/m1/s1. The van der Waals surface area contributed by atoms with Crippen molar-refractivity contribution < 1.29 is 24.1 Å². The number of urea groups is 1. The van der Waals surface area contributed by atoms with Gasteiger partial charge in [-0.2, -0.15) is 0 Å². The fourth-order valence-corrected chi connectivity index (χ4v) is 2.35. The van der Waals surface area contributed by atoms with Crippen LogP contribution in [0.4, 0.5) is 4.79 Å². The van der Waals surface area contributed by atoms with Crippen LogP contribution < -0.4 is 14.8 Å². The number of hydrogen-bond acceptors (Lipinski definition) is 5. The highest BCUT2D eigenvalue weighted by Crippen LogP contribution is 2.32. The molecule has 0 unspecified atom stereocenters. The van der Waals surface area contributed by atoms with E-state index in [9.17, 15) is 9.90 Å². The third-order valence-electron chi connectivity index (χ3n) is 3.60. The molecule has 0 radical (unpaired) electrons. The molecular formula is C16H24N2O5. The highest BCUT2D eigenvalue weighted by atomic mass is 16.6. The summed E-state index contributed by atoms with van der Waals surface area (Å²) >= 11 is 0. The molecule has 1 aliphatic rings. The molecule has 0 spiro atoms. The van der Waals surface area contributed by atoms with Gasteiger partial charge in [0, 0.05) is 14.2 Å². The number of hydrogen-bond donors (Lipinski definition) is 2. The van der Waals surface area contributed by atoms with E-state index in [1.54, 1.807) is 7.05 Å². The third kappa shape index (κ3) is 4.74. The van der Waals surface area contributed by atoms with Crippen LogP contribution in [0.1, 0.15) is 18.5 Å². The number of likely N-dealkylation sites (N-methyl/N-ethyl adjacent to an activating group) is 1. The first-order valence-corrected chi connectivity index (χ1v) is 7.59. The van der Waals surface area contributed by atoms with E-state index in [4.69, 9.17) is 14.2 Å². The first-order valence-electron chi connectivity index (χ1n) is 7.59. The normalized spacial score (nSPS) is 15.7. The van der Waals surface area contributed by atoms with Crippen molar-refractivity contribution in [3.63, 3.8) is 0 Å². The largest absolute Gasteiger partial charge is 0.486 e. The molecule has 0 saturated carbocycles. The molecule has 2 N–H and O–H groups in total. The number of methoxy groups -OCH3 is 1. The van der Waals surface area contributed by atoms with Gasteiger partial charge in [-0.25, -0.2) is 4.79 Å². The monoisotopic (exact) mass is 324 g/mol. The summed E-state index contributed by atoms with van der Waals surface area (Å²) in [4.78, 5) is 13.6. The van der Waals surface area contributed by atoms with Crippen molar-refractivity contribution in [2.24, 2.45) is 0 Å². The number of nitrogens with one attached hydrogen (secondary N) is 1. The summed E-state index contributed by atoms with van der Waals surface area (Å²) < 4.78 is 15.9. The Bertz CT molecular complexity index is 537. The number of amides is 2. The van der Waals surface area contributed by atoms with Crippen LogP contribution in [0.3, 0.4) is 0 Å². The molecule has 0 aliphatic carbocycles. The number of aliphatic hydroxyl groups excluding tert-OH is 1. The lowest BCUT2D eigenvalue weighted by atomic mass is 10.1. The van der Waals surface area contributed by atoms with Crippen molar-refractivity contribution in [3.8, 4) is 11.5 Å². The zero-order valence-electron chi connectivity index (χ0n) is 13.7.